The first-order chi connectivity index (χ1) is 18.3. The number of carbonyl (C=O) groups is 3. The maximum atomic E-state index is 14.2. The van der Waals surface area contributed by atoms with Crippen molar-refractivity contribution in [3.05, 3.63) is 94.0 Å². The average Bonchev–Trinajstić information content (AvgIpc) is 3.13. The number of esters is 1. The van der Waals surface area contributed by atoms with Crippen molar-refractivity contribution in [1.29, 1.82) is 0 Å². The third kappa shape index (κ3) is 3.85. The van der Waals surface area contributed by atoms with Crippen LogP contribution < -0.4 is 9.64 Å². The second-order valence-corrected chi connectivity index (χ2v) is 13.3. The van der Waals surface area contributed by atoms with Crippen molar-refractivity contribution in [2.45, 2.75) is 71.1 Å². The fraction of sp³-hybridized carbons (Fsp3) is 0.382. The second-order valence-electron chi connectivity index (χ2n) is 13.3. The van der Waals surface area contributed by atoms with Crippen molar-refractivity contribution in [1.82, 2.24) is 0 Å². The SMILES string of the molecule is CC(=O)Oc1ccc(N2C(=O)C3C4c5ccc(C(C)(C)C)cc5C(c5ccc(C(C)(C)C)cc54)C3C2=O)cc1. The second kappa shape index (κ2) is 8.38. The Bertz CT molecular complexity index is 1450. The van der Waals surface area contributed by atoms with Gasteiger partial charge in [0, 0.05) is 18.8 Å². The summed E-state index contributed by atoms with van der Waals surface area (Å²) in [7, 11) is 0. The molecule has 1 saturated heterocycles. The molecule has 3 aliphatic carbocycles. The van der Waals surface area contributed by atoms with E-state index in [1.165, 1.54) is 45.2 Å². The monoisotopic (exact) mass is 521 g/mol. The summed E-state index contributed by atoms with van der Waals surface area (Å²) in [6, 6.07) is 20.0. The number of hydrogen-bond donors (Lipinski definition) is 0. The molecular formula is C34H35NO4. The van der Waals surface area contributed by atoms with E-state index < -0.39 is 17.8 Å². The highest BCUT2D eigenvalue weighted by atomic mass is 16.5. The highest BCUT2D eigenvalue weighted by Crippen LogP contribution is 2.62. The summed E-state index contributed by atoms with van der Waals surface area (Å²) in [5.74, 6) is -1.61. The summed E-state index contributed by atoms with van der Waals surface area (Å²) >= 11 is 0. The van der Waals surface area contributed by atoms with Gasteiger partial charge in [0.15, 0.2) is 0 Å². The lowest BCUT2D eigenvalue weighted by atomic mass is 9.54. The van der Waals surface area contributed by atoms with E-state index in [2.05, 4.69) is 77.9 Å². The largest absolute Gasteiger partial charge is 0.427 e. The van der Waals surface area contributed by atoms with Gasteiger partial charge in [0.05, 0.1) is 17.5 Å². The molecule has 1 aliphatic heterocycles. The van der Waals surface area contributed by atoms with Gasteiger partial charge in [-0.05, 0) is 68.5 Å². The van der Waals surface area contributed by atoms with E-state index in [1.54, 1.807) is 24.3 Å². The van der Waals surface area contributed by atoms with Crippen molar-refractivity contribution >= 4 is 23.5 Å². The topological polar surface area (TPSA) is 63.7 Å². The number of nitrogens with zero attached hydrogens (tertiary/aromatic N) is 1. The molecule has 1 heterocycles. The highest BCUT2D eigenvalue weighted by molar-refractivity contribution is 6.23. The van der Waals surface area contributed by atoms with Gasteiger partial charge in [-0.15, -0.1) is 0 Å². The summed E-state index contributed by atoms with van der Waals surface area (Å²) in [6.45, 7) is 14.6. The molecule has 200 valence electrons. The molecule has 0 spiro atoms. The molecule has 3 aromatic rings. The maximum absolute atomic E-state index is 14.2. The molecule has 5 nitrogen and oxygen atoms in total. The number of amides is 2. The van der Waals surface area contributed by atoms with E-state index in [4.69, 9.17) is 4.74 Å². The van der Waals surface area contributed by atoms with Crippen molar-refractivity contribution in [2.75, 3.05) is 4.90 Å². The van der Waals surface area contributed by atoms with Crippen LogP contribution in [0, 0.1) is 11.8 Å². The van der Waals surface area contributed by atoms with Crippen LogP contribution in [0.4, 0.5) is 5.69 Å². The zero-order chi connectivity index (χ0) is 28.0. The van der Waals surface area contributed by atoms with Crippen LogP contribution in [0.1, 0.15) is 93.7 Å². The minimum Gasteiger partial charge on any atom is -0.427 e. The molecule has 1 fully saturated rings. The zero-order valence-electron chi connectivity index (χ0n) is 23.7. The van der Waals surface area contributed by atoms with Gasteiger partial charge in [0.2, 0.25) is 11.8 Å². The number of ether oxygens (including phenoxy) is 1. The lowest BCUT2D eigenvalue weighted by Crippen LogP contribution is -2.42. The summed E-state index contributed by atoms with van der Waals surface area (Å²) in [4.78, 5) is 41.0. The number of hydrogen-bond acceptors (Lipinski definition) is 4. The molecule has 4 atom stereocenters. The quantitative estimate of drug-likeness (QED) is 0.216. The van der Waals surface area contributed by atoms with Crippen LogP contribution >= 0.6 is 0 Å². The fourth-order valence-electron chi connectivity index (χ4n) is 6.79. The van der Waals surface area contributed by atoms with E-state index in [-0.39, 0.29) is 34.5 Å². The Balaban J connectivity index is 1.51. The standard InChI is InChI=1S/C34H35NO4/c1-18(36)39-22-12-10-21(11-13-22)35-31(37)29-27-24-15-9-20(34(5,6)7)17-26(24)28(30(29)32(35)38)23-14-8-19(16-25(23)27)33(2,3)4/h8-17,27-30H,1-7H3. The lowest BCUT2D eigenvalue weighted by molar-refractivity contribution is -0.132. The normalized spacial score (nSPS) is 23.4. The molecule has 3 aromatic carbocycles. The molecule has 7 rings (SSSR count). The number of rotatable bonds is 2. The first kappa shape index (κ1) is 25.5. The van der Waals surface area contributed by atoms with Crippen molar-refractivity contribution < 1.29 is 19.1 Å². The van der Waals surface area contributed by atoms with Gasteiger partial charge in [-0.2, -0.15) is 0 Å². The van der Waals surface area contributed by atoms with Crippen LogP contribution in [-0.2, 0) is 25.2 Å². The minimum atomic E-state index is -0.452. The van der Waals surface area contributed by atoms with Crippen LogP contribution in [0.3, 0.4) is 0 Å². The first-order valence-corrected chi connectivity index (χ1v) is 13.7. The zero-order valence-corrected chi connectivity index (χ0v) is 23.7. The molecular weight excluding hydrogens is 486 g/mol. The van der Waals surface area contributed by atoms with Crippen LogP contribution in [-0.4, -0.2) is 17.8 Å². The number of imide groups is 1. The molecule has 2 amide bonds. The highest BCUT2D eigenvalue weighted by Gasteiger charge is 2.62. The van der Waals surface area contributed by atoms with Gasteiger partial charge >= 0.3 is 5.97 Å². The molecule has 2 bridgehead atoms. The average molecular weight is 522 g/mol. The Hall–Kier alpha value is -3.73. The van der Waals surface area contributed by atoms with Crippen LogP contribution in [0.25, 0.3) is 0 Å². The van der Waals surface area contributed by atoms with E-state index in [9.17, 15) is 14.4 Å². The van der Waals surface area contributed by atoms with Crippen molar-refractivity contribution in [2.24, 2.45) is 11.8 Å². The van der Waals surface area contributed by atoms with E-state index in [0.29, 0.717) is 11.4 Å². The number of anilines is 1. The third-order valence-electron chi connectivity index (χ3n) is 8.72. The maximum Gasteiger partial charge on any atom is 0.308 e. The molecule has 5 heteroatoms. The molecule has 0 aromatic heterocycles. The van der Waals surface area contributed by atoms with E-state index in [0.717, 1.165) is 0 Å². The summed E-state index contributed by atoms with van der Waals surface area (Å²) in [5.41, 5.74) is 7.59. The molecule has 0 N–H and O–H groups in total. The molecule has 0 saturated carbocycles. The van der Waals surface area contributed by atoms with Gasteiger partial charge in [0.1, 0.15) is 5.75 Å². The van der Waals surface area contributed by atoms with Crippen LogP contribution in [0.2, 0.25) is 0 Å². The molecule has 4 aliphatic rings. The Morgan fingerprint density at radius 2 is 1.10 bits per heavy atom. The number of benzene rings is 3. The van der Waals surface area contributed by atoms with Gasteiger partial charge in [-0.1, -0.05) is 77.9 Å². The van der Waals surface area contributed by atoms with Crippen LogP contribution in [0.15, 0.2) is 60.7 Å². The van der Waals surface area contributed by atoms with Gasteiger partial charge < -0.3 is 4.74 Å². The fourth-order valence-corrected chi connectivity index (χ4v) is 6.79. The van der Waals surface area contributed by atoms with Crippen molar-refractivity contribution in [3.8, 4) is 5.75 Å². The van der Waals surface area contributed by atoms with Crippen LogP contribution in [0.5, 0.6) is 5.75 Å². The summed E-state index contributed by atoms with van der Waals surface area (Å²) in [5, 5.41) is 0. The predicted molar refractivity (Wildman–Crippen MR) is 151 cm³/mol. The lowest BCUT2D eigenvalue weighted by Gasteiger charge is -2.47. The van der Waals surface area contributed by atoms with E-state index >= 15 is 0 Å². The third-order valence-corrected chi connectivity index (χ3v) is 8.72. The Kier molecular flexibility index (Phi) is 5.49. The Morgan fingerprint density at radius 1 is 0.667 bits per heavy atom. The molecule has 39 heavy (non-hydrogen) atoms. The Morgan fingerprint density at radius 3 is 1.49 bits per heavy atom. The van der Waals surface area contributed by atoms with E-state index in [1.807, 2.05) is 0 Å². The summed E-state index contributed by atoms with van der Waals surface area (Å²) in [6.07, 6.45) is 0. The van der Waals surface area contributed by atoms with Crippen molar-refractivity contribution in [3.63, 3.8) is 0 Å². The minimum absolute atomic E-state index is 0.0325. The summed E-state index contributed by atoms with van der Waals surface area (Å²) < 4.78 is 5.16. The van der Waals surface area contributed by atoms with Gasteiger partial charge in [-0.25, -0.2) is 4.90 Å². The van der Waals surface area contributed by atoms with Gasteiger partial charge in [0.25, 0.3) is 0 Å². The molecule has 0 radical (unpaired) electrons. The smallest absolute Gasteiger partial charge is 0.308 e. The molecule has 4 unspecified atom stereocenters. The number of carbonyl (C=O) groups excluding carboxylic acids is 3. The van der Waals surface area contributed by atoms with Gasteiger partial charge in [-0.3, -0.25) is 14.4 Å². The first-order valence-electron chi connectivity index (χ1n) is 13.7. The Labute approximate surface area is 230 Å². The predicted octanol–water partition coefficient (Wildman–Crippen LogP) is 6.60.